The number of aromatic nitrogens is 1. The highest BCUT2D eigenvalue weighted by Gasteiger charge is 2.06. The van der Waals surface area contributed by atoms with Crippen LogP contribution in [0.15, 0.2) is 41.5 Å². The van der Waals surface area contributed by atoms with Crippen molar-refractivity contribution in [2.24, 2.45) is 4.99 Å². The maximum atomic E-state index is 4.37. The number of halogens is 1. The molecule has 0 aliphatic heterocycles. The van der Waals surface area contributed by atoms with Crippen molar-refractivity contribution < 1.29 is 0 Å². The summed E-state index contributed by atoms with van der Waals surface area (Å²) in [5, 5.41) is 7.89. The van der Waals surface area contributed by atoms with Crippen LogP contribution in [-0.2, 0) is 6.42 Å². The zero-order valence-corrected chi connectivity index (χ0v) is 17.0. The van der Waals surface area contributed by atoms with Crippen LogP contribution >= 0.6 is 35.3 Å². The van der Waals surface area contributed by atoms with E-state index < -0.39 is 0 Å². The minimum absolute atomic E-state index is 0. The third kappa shape index (κ3) is 6.87. The van der Waals surface area contributed by atoms with E-state index in [1.54, 1.807) is 18.4 Å². The van der Waals surface area contributed by atoms with Gasteiger partial charge in [-0.3, -0.25) is 4.99 Å². The molecular weight excluding hydrogens is 419 g/mol. The minimum Gasteiger partial charge on any atom is -0.356 e. The smallest absolute Gasteiger partial charge is 0.191 e. The van der Waals surface area contributed by atoms with Gasteiger partial charge in [-0.05, 0) is 18.4 Å². The van der Waals surface area contributed by atoms with E-state index in [4.69, 9.17) is 0 Å². The van der Waals surface area contributed by atoms with Crippen molar-refractivity contribution in [3.05, 3.63) is 52.0 Å². The summed E-state index contributed by atoms with van der Waals surface area (Å²) in [7, 11) is 1.80. The number of nitrogens with one attached hydrogen (secondary N) is 2. The first-order chi connectivity index (χ1) is 10.7. The Morgan fingerprint density at radius 2 is 2.00 bits per heavy atom. The number of hydrogen-bond acceptors (Lipinski definition) is 3. The fourth-order valence-corrected chi connectivity index (χ4v) is 2.96. The molecule has 4 nitrogen and oxygen atoms in total. The van der Waals surface area contributed by atoms with Gasteiger partial charge in [0.05, 0.1) is 5.01 Å². The predicted molar refractivity (Wildman–Crippen MR) is 110 cm³/mol. The zero-order valence-electron chi connectivity index (χ0n) is 13.9. The van der Waals surface area contributed by atoms with Gasteiger partial charge in [-0.1, -0.05) is 37.3 Å². The average Bonchev–Trinajstić information content (AvgIpc) is 2.96. The number of aryl methyl sites for hydroxylation is 1. The Balaban J connectivity index is 0.00000264. The summed E-state index contributed by atoms with van der Waals surface area (Å²) in [6.45, 7) is 6.00. The summed E-state index contributed by atoms with van der Waals surface area (Å²) >= 11 is 1.75. The van der Waals surface area contributed by atoms with Gasteiger partial charge in [-0.2, -0.15) is 0 Å². The molecule has 2 aromatic rings. The number of thiazole rings is 1. The Morgan fingerprint density at radius 3 is 2.61 bits per heavy atom. The monoisotopic (exact) mass is 444 g/mol. The molecule has 0 radical (unpaired) electrons. The van der Waals surface area contributed by atoms with Crippen molar-refractivity contribution in [1.82, 2.24) is 15.6 Å². The van der Waals surface area contributed by atoms with E-state index in [1.165, 1.54) is 10.4 Å². The molecule has 0 spiro atoms. The molecule has 1 atom stereocenters. The minimum atomic E-state index is 0. The molecule has 126 valence electrons. The third-order valence-corrected chi connectivity index (χ3v) is 4.44. The van der Waals surface area contributed by atoms with Crippen LogP contribution in [0.3, 0.4) is 0 Å². The quantitative estimate of drug-likeness (QED) is 0.407. The molecule has 2 N–H and O–H groups in total. The molecule has 0 saturated carbocycles. The van der Waals surface area contributed by atoms with Crippen molar-refractivity contribution in [3.8, 4) is 0 Å². The van der Waals surface area contributed by atoms with E-state index in [9.17, 15) is 0 Å². The first kappa shape index (κ1) is 19.9. The van der Waals surface area contributed by atoms with Gasteiger partial charge >= 0.3 is 0 Å². The molecule has 1 aromatic heterocycles. The SMILES string of the molecule is CN=C(NCCc1ncc(C)s1)NCC(C)c1ccccc1.I. The number of guanidine groups is 1. The van der Waals surface area contributed by atoms with Crippen LogP contribution in [0.4, 0.5) is 0 Å². The number of hydrogen-bond donors (Lipinski definition) is 2. The van der Waals surface area contributed by atoms with E-state index in [0.717, 1.165) is 30.5 Å². The summed E-state index contributed by atoms with van der Waals surface area (Å²) in [5.41, 5.74) is 1.34. The molecule has 1 heterocycles. The summed E-state index contributed by atoms with van der Waals surface area (Å²) < 4.78 is 0. The lowest BCUT2D eigenvalue weighted by Gasteiger charge is -2.16. The highest BCUT2D eigenvalue weighted by atomic mass is 127. The van der Waals surface area contributed by atoms with Gasteiger partial charge in [-0.15, -0.1) is 35.3 Å². The second-order valence-electron chi connectivity index (χ2n) is 5.31. The molecule has 0 bridgehead atoms. The van der Waals surface area contributed by atoms with Crippen molar-refractivity contribution >= 4 is 41.3 Å². The molecule has 0 aliphatic rings. The van der Waals surface area contributed by atoms with Gasteiger partial charge in [0.15, 0.2) is 5.96 Å². The van der Waals surface area contributed by atoms with E-state index in [1.807, 2.05) is 12.3 Å². The normalized spacial score (nSPS) is 12.4. The number of rotatable bonds is 6. The van der Waals surface area contributed by atoms with Crippen molar-refractivity contribution in [1.29, 1.82) is 0 Å². The van der Waals surface area contributed by atoms with Crippen LogP contribution in [0.5, 0.6) is 0 Å². The topological polar surface area (TPSA) is 49.3 Å². The van der Waals surface area contributed by atoms with E-state index in [-0.39, 0.29) is 24.0 Å². The predicted octanol–water partition coefficient (Wildman–Crippen LogP) is 3.58. The first-order valence-electron chi connectivity index (χ1n) is 7.60. The van der Waals surface area contributed by atoms with Crippen molar-refractivity contribution in [2.45, 2.75) is 26.2 Å². The molecule has 0 fully saturated rings. The molecule has 1 aromatic carbocycles. The molecule has 23 heavy (non-hydrogen) atoms. The van der Waals surface area contributed by atoms with Gasteiger partial charge in [0.2, 0.25) is 0 Å². The molecule has 0 amide bonds. The van der Waals surface area contributed by atoms with E-state index in [0.29, 0.717) is 5.92 Å². The second-order valence-corrected chi connectivity index (χ2v) is 6.63. The maximum absolute atomic E-state index is 4.37. The Hall–Kier alpha value is -1.15. The largest absolute Gasteiger partial charge is 0.356 e. The number of aliphatic imine (C=N–C) groups is 1. The van der Waals surface area contributed by atoms with Crippen LogP contribution in [0.25, 0.3) is 0 Å². The van der Waals surface area contributed by atoms with E-state index in [2.05, 4.69) is 58.7 Å². The molecule has 0 aliphatic carbocycles. The molecule has 0 saturated heterocycles. The van der Waals surface area contributed by atoms with Crippen LogP contribution in [-0.4, -0.2) is 31.1 Å². The van der Waals surface area contributed by atoms with Crippen molar-refractivity contribution in [2.75, 3.05) is 20.1 Å². The summed E-state index contributed by atoms with van der Waals surface area (Å²) in [6.07, 6.45) is 2.85. The van der Waals surface area contributed by atoms with E-state index >= 15 is 0 Å². The third-order valence-electron chi connectivity index (χ3n) is 3.47. The molecular formula is C17H25IN4S. The first-order valence-corrected chi connectivity index (χ1v) is 8.41. The van der Waals surface area contributed by atoms with Gasteiger partial charge < -0.3 is 10.6 Å². The van der Waals surface area contributed by atoms with Crippen LogP contribution in [0.1, 0.15) is 28.3 Å². The van der Waals surface area contributed by atoms with Crippen molar-refractivity contribution in [3.63, 3.8) is 0 Å². The number of benzene rings is 1. The summed E-state index contributed by atoms with van der Waals surface area (Å²) in [6, 6.07) is 10.5. The van der Waals surface area contributed by atoms with Gasteiger partial charge in [0.25, 0.3) is 0 Å². The Kier molecular flexibility index (Phi) is 9.16. The van der Waals surface area contributed by atoms with Crippen LogP contribution < -0.4 is 10.6 Å². The average molecular weight is 444 g/mol. The van der Waals surface area contributed by atoms with Gasteiger partial charge in [0.1, 0.15) is 0 Å². The Morgan fingerprint density at radius 1 is 1.26 bits per heavy atom. The Bertz CT molecular complexity index is 598. The molecule has 2 rings (SSSR count). The lowest BCUT2D eigenvalue weighted by molar-refractivity contribution is 0.697. The van der Waals surface area contributed by atoms with Crippen LogP contribution in [0.2, 0.25) is 0 Å². The standard InChI is InChI=1S/C17H24N4S.HI/c1-13(15-7-5-4-6-8-15)11-21-17(18-3)19-10-9-16-20-12-14(2)22-16;/h4-8,12-13H,9-11H2,1-3H3,(H2,18,19,21);1H. The highest BCUT2D eigenvalue weighted by molar-refractivity contribution is 14.0. The lowest BCUT2D eigenvalue weighted by Crippen LogP contribution is -2.39. The summed E-state index contributed by atoms with van der Waals surface area (Å²) in [4.78, 5) is 9.90. The number of nitrogens with zero attached hydrogens (tertiary/aromatic N) is 2. The Labute approximate surface area is 159 Å². The van der Waals surface area contributed by atoms with Crippen LogP contribution in [0, 0.1) is 6.92 Å². The zero-order chi connectivity index (χ0) is 15.8. The fraction of sp³-hybridized carbons (Fsp3) is 0.412. The maximum Gasteiger partial charge on any atom is 0.191 e. The van der Waals surface area contributed by atoms with Gasteiger partial charge in [-0.25, -0.2) is 4.98 Å². The second kappa shape index (κ2) is 10.6. The molecule has 6 heteroatoms. The lowest BCUT2D eigenvalue weighted by atomic mass is 10.0. The highest BCUT2D eigenvalue weighted by Crippen LogP contribution is 2.13. The summed E-state index contributed by atoms with van der Waals surface area (Å²) in [5.74, 6) is 1.29. The fourth-order valence-electron chi connectivity index (χ4n) is 2.17. The molecule has 1 unspecified atom stereocenters. The van der Waals surface area contributed by atoms with Gasteiger partial charge in [0, 0.05) is 37.6 Å².